The van der Waals surface area contributed by atoms with Crippen LogP contribution in [-0.2, 0) is 12.8 Å². The standard InChI is InChI=1S/C17H23ClN2O/c18-15-9-13-6-7-21-17(13)14(10-15)11-16(20-19)8-12-4-2-1-3-5-12/h4,9-10,16,20H,1-3,5-8,11,19H2. The zero-order valence-electron chi connectivity index (χ0n) is 12.3. The summed E-state index contributed by atoms with van der Waals surface area (Å²) in [5.74, 6) is 6.80. The highest BCUT2D eigenvalue weighted by molar-refractivity contribution is 6.30. The van der Waals surface area contributed by atoms with Crippen molar-refractivity contribution in [3.8, 4) is 5.75 Å². The van der Waals surface area contributed by atoms with Crippen LogP contribution in [0.2, 0.25) is 5.02 Å². The van der Waals surface area contributed by atoms with Crippen LogP contribution in [-0.4, -0.2) is 12.6 Å². The van der Waals surface area contributed by atoms with Crippen molar-refractivity contribution in [2.75, 3.05) is 6.61 Å². The first-order valence-corrected chi connectivity index (χ1v) is 8.22. The highest BCUT2D eigenvalue weighted by atomic mass is 35.5. The molecule has 0 amide bonds. The summed E-state index contributed by atoms with van der Waals surface area (Å²) in [4.78, 5) is 0. The Morgan fingerprint density at radius 3 is 2.90 bits per heavy atom. The van der Waals surface area contributed by atoms with Gasteiger partial charge in [-0.05, 0) is 61.8 Å². The first kappa shape index (κ1) is 14.9. The van der Waals surface area contributed by atoms with Crippen molar-refractivity contribution in [2.45, 2.75) is 51.0 Å². The predicted molar refractivity (Wildman–Crippen MR) is 86.6 cm³/mol. The summed E-state index contributed by atoms with van der Waals surface area (Å²) in [6.07, 6.45) is 10.2. The Hall–Kier alpha value is -1.03. The van der Waals surface area contributed by atoms with Crippen LogP contribution in [0.25, 0.3) is 0 Å². The molecule has 0 saturated heterocycles. The number of fused-ring (bicyclic) bond motifs is 1. The summed E-state index contributed by atoms with van der Waals surface area (Å²) in [6.45, 7) is 0.758. The van der Waals surface area contributed by atoms with E-state index in [2.05, 4.69) is 11.5 Å². The largest absolute Gasteiger partial charge is 0.493 e. The van der Waals surface area contributed by atoms with Gasteiger partial charge in [-0.25, -0.2) is 0 Å². The van der Waals surface area contributed by atoms with E-state index in [0.717, 1.165) is 36.6 Å². The summed E-state index contributed by atoms with van der Waals surface area (Å²) in [7, 11) is 0. The molecule has 21 heavy (non-hydrogen) atoms. The monoisotopic (exact) mass is 306 g/mol. The van der Waals surface area contributed by atoms with E-state index in [1.54, 1.807) is 0 Å². The molecule has 1 unspecified atom stereocenters. The summed E-state index contributed by atoms with van der Waals surface area (Å²) < 4.78 is 5.78. The van der Waals surface area contributed by atoms with Gasteiger partial charge in [0.1, 0.15) is 5.75 Å². The predicted octanol–water partition coefficient (Wildman–Crippen LogP) is 3.54. The molecular weight excluding hydrogens is 284 g/mol. The fourth-order valence-corrected chi connectivity index (χ4v) is 3.62. The summed E-state index contributed by atoms with van der Waals surface area (Å²) >= 11 is 6.23. The first-order chi connectivity index (χ1) is 10.3. The van der Waals surface area contributed by atoms with Crippen LogP contribution in [0.1, 0.15) is 43.2 Å². The van der Waals surface area contributed by atoms with Gasteiger partial charge >= 0.3 is 0 Å². The molecule has 2 aliphatic rings. The third kappa shape index (κ3) is 3.60. The van der Waals surface area contributed by atoms with Gasteiger partial charge in [0.05, 0.1) is 6.61 Å². The second-order valence-electron chi connectivity index (χ2n) is 6.03. The van der Waals surface area contributed by atoms with E-state index in [1.807, 2.05) is 12.1 Å². The Morgan fingerprint density at radius 2 is 2.14 bits per heavy atom. The van der Waals surface area contributed by atoms with Crippen molar-refractivity contribution in [3.63, 3.8) is 0 Å². The lowest BCUT2D eigenvalue weighted by molar-refractivity contribution is 0.351. The average molecular weight is 307 g/mol. The smallest absolute Gasteiger partial charge is 0.125 e. The van der Waals surface area contributed by atoms with E-state index in [-0.39, 0.29) is 6.04 Å². The lowest BCUT2D eigenvalue weighted by atomic mass is 9.91. The molecule has 4 heteroatoms. The maximum absolute atomic E-state index is 6.23. The molecule has 1 heterocycles. The normalized spacial score (nSPS) is 18.9. The number of rotatable bonds is 5. The van der Waals surface area contributed by atoms with Crippen LogP contribution >= 0.6 is 11.6 Å². The van der Waals surface area contributed by atoms with Gasteiger partial charge in [0.25, 0.3) is 0 Å². The van der Waals surface area contributed by atoms with Crippen molar-refractivity contribution in [1.29, 1.82) is 0 Å². The van der Waals surface area contributed by atoms with Crippen molar-refractivity contribution >= 4 is 11.6 Å². The third-order valence-electron chi connectivity index (χ3n) is 4.42. The lowest BCUT2D eigenvalue weighted by Crippen LogP contribution is -2.37. The van der Waals surface area contributed by atoms with Crippen LogP contribution < -0.4 is 16.0 Å². The minimum absolute atomic E-state index is 0.237. The molecule has 1 aliphatic heterocycles. The minimum Gasteiger partial charge on any atom is -0.493 e. The van der Waals surface area contributed by atoms with E-state index in [4.69, 9.17) is 22.2 Å². The number of hydrogen-bond donors (Lipinski definition) is 2. The Labute approximate surface area is 131 Å². The molecule has 0 bridgehead atoms. The summed E-state index contributed by atoms with van der Waals surface area (Å²) in [6, 6.07) is 4.27. The number of halogens is 1. The SMILES string of the molecule is NNC(CC1=CCCCC1)Cc1cc(Cl)cc2c1OCC2. The fraction of sp³-hybridized carbons (Fsp3) is 0.529. The second-order valence-corrected chi connectivity index (χ2v) is 6.47. The van der Waals surface area contributed by atoms with Gasteiger partial charge in [-0.2, -0.15) is 0 Å². The summed E-state index contributed by atoms with van der Waals surface area (Å²) in [5.41, 5.74) is 6.90. The number of hydrazine groups is 1. The number of hydrogen-bond acceptors (Lipinski definition) is 3. The van der Waals surface area contributed by atoms with Gasteiger partial charge < -0.3 is 4.74 Å². The molecule has 0 radical (unpaired) electrons. The van der Waals surface area contributed by atoms with Gasteiger partial charge in [0.2, 0.25) is 0 Å². The van der Waals surface area contributed by atoms with E-state index in [1.165, 1.54) is 42.4 Å². The zero-order chi connectivity index (χ0) is 14.7. The van der Waals surface area contributed by atoms with Crippen LogP contribution in [0.3, 0.4) is 0 Å². The molecule has 0 fully saturated rings. The number of nitrogens with one attached hydrogen (secondary N) is 1. The van der Waals surface area contributed by atoms with Gasteiger partial charge in [0, 0.05) is 17.5 Å². The topological polar surface area (TPSA) is 47.3 Å². The molecule has 1 aromatic carbocycles. The number of nitrogens with two attached hydrogens (primary N) is 1. The number of ether oxygens (including phenoxy) is 1. The maximum Gasteiger partial charge on any atom is 0.125 e. The molecule has 1 aliphatic carbocycles. The van der Waals surface area contributed by atoms with Crippen LogP contribution in [0.5, 0.6) is 5.75 Å². The maximum atomic E-state index is 6.23. The minimum atomic E-state index is 0.237. The first-order valence-electron chi connectivity index (χ1n) is 7.84. The molecule has 0 aromatic heterocycles. The average Bonchev–Trinajstić information content (AvgIpc) is 2.96. The van der Waals surface area contributed by atoms with Crippen LogP contribution in [0.4, 0.5) is 0 Å². The molecule has 0 spiro atoms. The molecule has 3 N–H and O–H groups in total. The van der Waals surface area contributed by atoms with Gasteiger partial charge in [0.15, 0.2) is 0 Å². The number of allylic oxidation sites excluding steroid dienone is 1. The second kappa shape index (κ2) is 6.82. The highest BCUT2D eigenvalue weighted by Gasteiger charge is 2.20. The summed E-state index contributed by atoms with van der Waals surface area (Å²) in [5, 5.41) is 0.793. The van der Waals surface area contributed by atoms with E-state index in [9.17, 15) is 0 Å². The molecule has 1 atom stereocenters. The van der Waals surface area contributed by atoms with E-state index in [0.29, 0.717) is 0 Å². The molecule has 3 nitrogen and oxygen atoms in total. The van der Waals surface area contributed by atoms with Crippen LogP contribution in [0.15, 0.2) is 23.8 Å². The van der Waals surface area contributed by atoms with Crippen LogP contribution in [0, 0.1) is 0 Å². The highest BCUT2D eigenvalue weighted by Crippen LogP contribution is 2.34. The van der Waals surface area contributed by atoms with Crippen molar-refractivity contribution < 1.29 is 4.74 Å². The lowest BCUT2D eigenvalue weighted by Gasteiger charge is -2.21. The molecule has 0 saturated carbocycles. The Bertz CT molecular complexity index is 542. The van der Waals surface area contributed by atoms with Crippen molar-refractivity contribution in [1.82, 2.24) is 5.43 Å². The van der Waals surface area contributed by atoms with Crippen molar-refractivity contribution in [2.24, 2.45) is 5.84 Å². The third-order valence-corrected chi connectivity index (χ3v) is 4.64. The Balaban J connectivity index is 1.73. The molecule has 114 valence electrons. The number of benzene rings is 1. The van der Waals surface area contributed by atoms with Crippen molar-refractivity contribution in [3.05, 3.63) is 39.9 Å². The molecule has 3 rings (SSSR count). The Morgan fingerprint density at radius 1 is 1.24 bits per heavy atom. The van der Waals surface area contributed by atoms with Gasteiger partial charge in [-0.15, -0.1) is 0 Å². The molecule has 1 aromatic rings. The van der Waals surface area contributed by atoms with Gasteiger partial charge in [-0.1, -0.05) is 23.3 Å². The Kier molecular flexibility index (Phi) is 4.84. The van der Waals surface area contributed by atoms with Gasteiger partial charge in [-0.3, -0.25) is 11.3 Å². The quantitative estimate of drug-likeness (QED) is 0.497. The fourth-order valence-electron chi connectivity index (χ4n) is 3.36. The van der Waals surface area contributed by atoms with E-state index >= 15 is 0 Å². The van der Waals surface area contributed by atoms with E-state index < -0.39 is 0 Å². The zero-order valence-corrected chi connectivity index (χ0v) is 13.1. The molecular formula is C17H23ClN2O.